The highest BCUT2D eigenvalue weighted by Crippen LogP contribution is 2.10. The van der Waals surface area contributed by atoms with Crippen LogP contribution in [0.15, 0.2) is 18.2 Å². The zero-order chi connectivity index (χ0) is 15.0. The summed E-state index contributed by atoms with van der Waals surface area (Å²) in [6, 6.07) is 8.70. The molecule has 0 heterocycles. The lowest BCUT2D eigenvalue weighted by atomic mass is 10.1. The Morgan fingerprint density at radius 1 is 1.30 bits per heavy atom. The number of benzene rings is 1. The van der Waals surface area contributed by atoms with Crippen molar-refractivity contribution in [2.24, 2.45) is 0 Å². The minimum absolute atomic E-state index is 0.629. The van der Waals surface area contributed by atoms with Gasteiger partial charge in [0, 0.05) is 12.6 Å². The summed E-state index contributed by atoms with van der Waals surface area (Å²) >= 11 is 0. The second-order valence-corrected chi connectivity index (χ2v) is 5.71. The fraction of sp³-hybridized carbons (Fsp3) is 0.588. The maximum atomic E-state index is 8.84. The average molecular weight is 273 g/mol. The van der Waals surface area contributed by atoms with Crippen molar-refractivity contribution in [2.75, 3.05) is 20.1 Å². The molecule has 0 bridgehead atoms. The minimum atomic E-state index is 0.629. The highest BCUT2D eigenvalue weighted by molar-refractivity contribution is 5.37. The van der Waals surface area contributed by atoms with E-state index in [1.54, 1.807) is 0 Å². The summed E-state index contributed by atoms with van der Waals surface area (Å²) in [5.74, 6) is 0. The van der Waals surface area contributed by atoms with Crippen LogP contribution in [0.3, 0.4) is 0 Å². The molecule has 1 aromatic carbocycles. The van der Waals surface area contributed by atoms with Gasteiger partial charge in [0.15, 0.2) is 0 Å². The molecule has 0 saturated heterocycles. The molecule has 3 nitrogen and oxygen atoms in total. The molecule has 3 heteroatoms. The van der Waals surface area contributed by atoms with Gasteiger partial charge in [0.25, 0.3) is 0 Å². The van der Waals surface area contributed by atoms with Crippen LogP contribution in [0, 0.1) is 18.3 Å². The molecule has 0 spiro atoms. The number of hydrogen-bond donors (Lipinski definition) is 1. The Bertz CT molecular complexity index is 446. The molecular formula is C17H27N3. The molecule has 0 aliphatic heterocycles. The molecular weight excluding hydrogens is 246 g/mol. The zero-order valence-electron chi connectivity index (χ0n) is 13.2. The third kappa shape index (κ3) is 5.73. The first-order valence-electron chi connectivity index (χ1n) is 7.45. The number of nitrogens with zero attached hydrogens (tertiary/aromatic N) is 2. The molecule has 20 heavy (non-hydrogen) atoms. The van der Waals surface area contributed by atoms with Crippen molar-refractivity contribution in [3.8, 4) is 6.07 Å². The van der Waals surface area contributed by atoms with Gasteiger partial charge in [0.1, 0.15) is 0 Å². The zero-order valence-corrected chi connectivity index (χ0v) is 13.2. The number of nitriles is 1. The Hall–Kier alpha value is -1.37. The second kappa shape index (κ2) is 8.73. The Kier molecular flexibility index (Phi) is 7.28. The summed E-state index contributed by atoms with van der Waals surface area (Å²) in [5.41, 5.74) is 3.21. The molecule has 1 rings (SSSR count). The van der Waals surface area contributed by atoms with Crippen molar-refractivity contribution in [3.63, 3.8) is 0 Å². The van der Waals surface area contributed by atoms with E-state index in [1.165, 1.54) is 24.0 Å². The summed E-state index contributed by atoms with van der Waals surface area (Å²) in [7, 11) is 2.18. The lowest BCUT2D eigenvalue weighted by Gasteiger charge is -2.20. The third-order valence-electron chi connectivity index (χ3n) is 3.78. The van der Waals surface area contributed by atoms with Gasteiger partial charge >= 0.3 is 0 Å². The number of rotatable bonds is 8. The van der Waals surface area contributed by atoms with Crippen LogP contribution < -0.4 is 5.32 Å². The van der Waals surface area contributed by atoms with Gasteiger partial charge in [0.2, 0.25) is 0 Å². The normalized spacial score (nSPS) is 11.1. The van der Waals surface area contributed by atoms with Gasteiger partial charge in [-0.05, 0) is 77.0 Å². The Balaban J connectivity index is 2.20. The predicted octanol–water partition coefficient (Wildman–Crippen LogP) is 3.08. The monoisotopic (exact) mass is 273 g/mol. The van der Waals surface area contributed by atoms with Crippen molar-refractivity contribution in [3.05, 3.63) is 34.9 Å². The maximum absolute atomic E-state index is 8.84. The average Bonchev–Trinajstić information content (AvgIpc) is 2.43. The van der Waals surface area contributed by atoms with Crippen LogP contribution in [0.2, 0.25) is 0 Å². The molecule has 1 aromatic rings. The van der Waals surface area contributed by atoms with E-state index in [1.807, 2.05) is 18.2 Å². The molecule has 110 valence electrons. The lowest BCUT2D eigenvalue weighted by molar-refractivity contribution is 0.268. The molecule has 0 aliphatic carbocycles. The van der Waals surface area contributed by atoms with Crippen LogP contribution in [0.5, 0.6) is 0 Å². The van der Waals surface area contributed by atoms with Crippen molar-refractivity contribution >= 4 is 0 Å². The van der Waals surface area contributed by atoms with E-state index in [9.17, 15) is 0 Å². The van der Waals surface area contributed by atoms with E-state index < -0.39 is 0 Å². The molecule has 0 aromatic heterocycles. The molecule has 0 aliphatic rings. The molecule has 1 N–H and O–H groups in total. The van der Waals surface area contributed by atoms with E-state index in [-0.39, 0.29) is 0 Å². The van der Waals surface area contributed by atoms with Crippen LogP contribution in [0.25, 0.3) is 0 Å². The Labute approximate surface area is 123 Å². The van der Waals surface area contributed by atoms with Gasteiger partial charge < -0.3 is 10.2 Å². The molecule has 0 unspecified atom stereocenters. The van der Waals surface area contributed by atoms with E-state index in [2.05, 4.69) is 44.1 Å². The second-order valence-electron chi connectivity index (χ2n) is 5.71. The maximum Gasteiger partial charge on any atom is 0.0991 e. The number of nitrogens with one attached hydrogen (secondary N) is 1. The molecule has 0 amide bonds. The van der Waals surface area contributed by atoms with Crippen molar-refractivity contribution in [1.29, 1.82) is 5.26 Å². The lowest BCUT2D eigenvalue weighted by Crippen LogP contribution is -2.27. The standard InChI is InChI=1S/C17H27N3/c1-14(2)20(4)10-6-5-9-19-13-17-8-7-16(12-18)11-15(17)3/h7-8,11,14,19H,5-6,9-10,13H2,1-4H3. The molecule has 0 atom stereocenters. The van der Waals surface area contributed by atoms with Crippen LogP contribution >= 0.6 is 0 Å². The molecule has 0 saturated carbocycles. The first kappa shape index (κ1) is 16.7. The molecule has 0 radical (unpaired) electrons. The number of unbranched alkanes of at least 4 members (excludes halogenated alkanes) is 1. The van der Waals surface area contributed by atoms with E-state index >= 15 is 0 Å². The van der Waals surface area contributed by atoms with Crippen LogP contribution in [0.4, 0.5) is 0 Å². The third-order valence-corrected chi connectivity index (χ3v) is 3.78. The SMILES string of the molecule is Cc1cc(C#N)ccc1CNCCCCN(C)C(C)C. The van der Waals surface area contributed by atoms with E-state index in [0.717, 1.165) is 25.2 Å². The molecule has 0 fully saturated rings. The van der Waals surface area contributed by atoms with E-state index in [4.69, 9.17) is 5.26 Å². The fourth-order valence-corrected chi connectivity index (χ4v) is 2.06. The summed E-state index contributed by atoms with van der Waals surface area (Å²) in [4.78, 5) is 2.38. The summed E-state index contributed by atoms with van der Waals surface area (Å²) in [5, 5.41) is 12.3. The van der Waals surface area contributed by atoms with Crippen molar-refractivity contribution < 1.29 is 0 Å². The van der Waals surface area contributed by atoms with Crippen LogP contribution in [-0.4, -0.2) is 31.1 Å². The topological polar surface area (TPSA) is 39.1 Å². The smallest absolute Gasteiger partial charge is 0.0991 e. The van der Waals surface area contributed by atoms with Gasteiger partial charge in [0.05, 0.1) is 11.6 Å². The Morgan fingerprint density at radius 2 is 2.05 bits per heavy atom. The van der Waals surface area contributed by atoms with Gasteiger partial charge in [-0.25, -0.2) is 0 Å². The van der Waals surface area contributed by atoms with Gasteiger partial charge in [-0.1, -0.05) is 6.07 Å². The quantitative estimate of drug-likeness (QED) is 0.740. The largest absolute Gasteiger partial charge is 0.313 e. The van der Waals surface area contributed by atoms with Gasteiger partial charge in [-0.3, -0.25) is 0 Å². The van der Waals surface area contributed by atoms with Gasteiger partial charge in [-0.15, -0.1) is 0 Å². The fourth-order valence-electron chi connectivity index (χ4n) is 2.06. The van der Waals surface area contributed by atoms with Crippen molar-refractivity contribution in [1.82, 2.24) is 10.2 Å². The highest BCUT2D eigenvalue weighted by atomic mass is 15.1. The summed E-state index contributed by atoms with van der Waals surface area (Å²) in [6.07, 6.45) is 2.43. The van der Waals surface area contributed by atoms with Crippen LogP contribution in [0.1, 0.15) is 43.4 Å². The van der Waals surface area contributed by atoms with Gasteiger partial charge in [-0.2, -0.15) is 5.26 Å². The minimum Gasteiger partial charge on any atom is -0.313 e. The number of hydrogen-bond acceptors (Lipinski definition) is 3. The predicted molar refractivity (Wildman–Crippen MR) is 84.6 cm³/mol. The summed E-state index contributed by atoms with van der Waals surface area (Å²) in [6.45, 7) is 9.62. The first-order chi connectivity index (χ1) is 9.54. The number of aryl methyl sites for hydroxylation is 1. The summed E-state index contributed by atoms with van der Waals surface area (Å²) < 4.78 is 0. The highest BCUT2D eigenvalue weighted by Gasteiger charge is 2.02. The van der Waals surface area contributed by atoms with Crippen molar-refractivity contribution in [2.45, 2.75) is 46.2 Å². The van der Waals surface area contributed by atoms with E-state index in [0.29, 0.717) is 6.04 Å². The Morgan fingerprint density at radius 3 is 2.65 bits per heavy atom. The van der Waals surface area contributed by atoms with Crippen LogP contribution in [-0.2, 0) is 6.54 Å². The first-order valence-corrected chi connectivity index (χ1v) is 7.45.